The van der Waals surface area contributed by atoms with Crippen molar-refractivity contribution in [2.75, 3.05) is 0 Å². The summed E-state index contributed by atoms with van der Waals surface area (Å²) in [6.45, 7) is 5.31. The minimum absolute atomic E-state index is 0.380. The summed E-state index contributed by atoms with van der Waals surface area (Å²) in [7, 11) is 0. The van der Waals surface area contributed by atoms with Gasteiger partial charge in [0, 0.05) is 15.0 Å². The Balaban J connectivity index is 2.56. The number of carbonyl (C=O) groups excluding carboxylic acids is 1. The number of aromatic nitrogens is 2. The number of hydrogen-bond donors (Lipinski definition) is 0. The molecule has 0 aliphatic carbocycles. The van der Waals surface area contributed by atoms with E-state index in [2.05, 4.69) is 5.10 Å². The first-order valence-electron chi connectivity index (χ1n) is 5.45. The molecule has 2 aromatic rings. The van der Waals surface area contributed by atoms with Gasteiger partial charge in [-0.05, 0) is 72.0 Å². The standard InChI is InChI=1S/C12H11FI2N2O2/c1-12(2,3)19-11(18)17-9-5-7(13)8(14)4-6(9)10(15)16-17/h4-5H,1-3H3. The van der Waals surface area contributed by atoms with E-state index < -0.39 is 11.7 Å². The SMILES string of the molecule is CC(C)(C)OC(=O)n1nc(I)c2cc(I)c(F)cc21. The van der Waals surface area contributed by atoms with Gasteiger partial charge in [0.1, 0.15) is 15.1 Å². The second-order valence-electron chi connectivity index (χ2n) is 4.97. The molecule has 0 aliphatic rings. The van der Waals surface area contributed by atoms with E-state index in [1.54, 1.807) is 26.8 Å². The Labute approximate surface area is 137 Å². The zero-order valence-electron chi connectivity index (χ0n) is 10.5. The molecule has 0 unspecified atom stereocenters. The maximum Gasteiger partial charge on any atom is 0.435 e. The van der Waals surface area contributed by atoms with Crippen LogP contribution in [0, 0.1) is 13.1 Å². The second-order valence-corrected chi connectivity index (χ2v) is 7.15. The Kier molecular flexibility index (Phi) is 4.05. The average Bonchev–Trinajstić information content (AvgIpc) is 2.55. The molecule has 0 amide bonds. The first-order chi connectivity index (χ1) is 8.69. The molecule has 0 saturated carbocycles. The summed E-state index contributed by atoms with van der Waals surface area (Å²) in [6, 6.07) is 2.97. The lowest BCUT2D eigenvalue weighted by molar-refractivity contribution is 0.0522. The number of ether oxygens (including phenoxy) is 1. The van der Waals surface area contributed by atoms with Gasteiger partial charge >= 0.3 is 6.09 Å². The van der Waals surface area contributed by atoms with Crippen molar-refractivity contribution in [3.8, 4) is 0 Å². The van der Waals surface area contributed by atoms with Crippen LogP contribution in [0.15, 0.2) is 12.1 Å². The molecule has 4 nitrogen and oxygen atoms in total. The zero-order chi connectivity index (χ0) is 14.4. The molecular formula is C12H11FI2N2O2. The molecule has 7 heteroatoms. The van der Waals surface area contributed by atoms with E-state index in [0.29, 0.717) is 12.8 Å². The maximum absolute atomic E-state index is 13.6. The highest BCUT2D eigenvalue weighted by Gasteiger charge is 2.22. The van der Waals surface area contributed by atoms with Gasteiger partial charge in [-0.25, -0.2) is 9.18 Å². The number of carbonyl (C=O) groups is 1. The summed E-state index contributed by atoms with van der Waals surface area (Å²) < 4.78 is 21.1. The van der Waals surface area contributed by atoms with Crippen LogP contribution < -0.4 is 0 Å². The van der Waals surface area contributed by atoms with Crippen LogP contribution in [-0.4, -0.2) is 21.5 Å². The van der Waals surface area contributed by atoms with E-state index in [1.807, 2.05) is 45.2 Å². The van der Waals surface area contributed by atoms with E-state index in [1.165, 1.54) is 6.07 Å². The van der Waals surface area contributed by atoms with Gasteiger partial charge in [-0.15, -0.1) is 0 Å². The van der Waals surface area contributed by atoms with Crippen LogP contribution in [0.2, 0.25) is 0 Å². The monoisotopic (exact) mass is 488 g/mol. The third-order valence-electron chi connectivity index (χ3n) is 2.24. The summed E-state index contributed by atoms with van der Waals surface area (Å²) in [5.41, 5.74) is -0.209. The van der Waals surface area contributed by atoms with Gasteiger partial charge in [-0.3, -0.25) is 0 Å². The highest BCUT2D eigenvalue weighted by atomic mass is 127. The predicted molar refractivity (Wildman–Crippen MR) is 86.8 cm³/mol. The van der Waals surface area contributed by atoms with E-state index in [9.17, 15) is 9.18 Å². The molecule has 1 aromatic carbocycles. The number of benzene rings is 1. The van der Waals surface area contributed by atoms with Gasteiger partial charge in [-0.2, -0.15) is 9.78 Å². The topological polar surface area (TPSA) is 44.1 Å². The fourth-order valence-electron chi connectivity index (χ4n) is 1.52. The number of halogens is 3. The van der Waals surface area contributed by atoms with Crippen molar-refractivity contribution >= 4 is 62.2 Å². The lowest BCUT2D eigenvalue weighted by Crippen LogP contribution is -2.27. The van der Waals surface area contributed by atoms with E-state index in [-0.39, 0.29) is 5.82 Å². The van der Waals surface area contributed by atoms with Crippen LogP contribution in [0.5, 0.6) is 0 Å². The molecule has 0 fully saturated rings. The molecule has 0 saturated heterocycles. The van der Waals surface area contributed by atoms with Crippen LogP contribution in [-0.2, 0) is 4.74 Å². The molecule has 1 aromatic heterocycles. The number of hydrogen-bond acceptors (Lipinski definition) is 3. The van der Waals surface area contributed by atoms with Crippen LogP contribution >= 0.6 is 45.2 Å². The Morgan fingerprint density at radius 2 is 2.00 bits per heavy atom. The molecule has 0 aliphatic heterocycles. The molecule has 2 rings (SSSR count). The van der Waals surface area contributed by atoms with E-state index in [0.717, 1.165) is 10.1 Å². The normalized spacial score (nSPS) is 11.9. The number of rotatable bonds is 0. The summed E-state index contributed by atoms with van der Waals surface area (Å²) in [4.78, 5) is 12.0. The number of fused-ring (bicyclic) bond motifs is 1. The van der Waals surface area contributed by atoms with Gasteiger partial charge in [0.15, 0.2) is 0 Å². The molecule has 19 heavy (non-hydrogen) atoms. The smallest absolute Gasteiger partial charge is 0.435 e. The first kappa shape index (κ1) is 14.9. The molecule has 0 radical (unpaired) electrons. The fraction of sp³-hybridized carbons (Fsp3) is 0.333. The van der Waals surface area contributed by atoms with E-state index >= 15 is 0 Å². The lowest BCUT2D eigenvalue weighted by atomic mass is 10.2. The Hall–Kier alpha value is -0.450. The van der Waals surface area contributed by atoms with Crippen LogP contribution in [0.3, 0.4) is 0 Å². The number of nitrogens with zero attached hydrogens (tertiary/aromatic N) is 2. The molecule has 1 heterocycles. The Morgan fingerprint density at radius 3 is 2.58 bits per heavy atom. The van der Waals surface area contributed by atoms with Crippen LogP contribution in [0.25, 0.3) is 10.9 Å². The molecule has 102 valence electrons. The summed E-state index contributed by atoms with van der Waals surface area (Å²) in [5, 5.41) is 4.85. The lowest BCUT2D eigenvalue weighted by Gasteiger charge is -2.19. The van der Waals surface area contributed by atoms with Crippen molar-refractivity contribution in [3.63, 3.8) is 0 Å². The molecule has 0 spiro atoms. The highest BCUT2D eigenvalue weighted by Crippen LogP contribution is 2.25. The average molecular weight is 488 g/mol. The highest BCUT2D eigenvalue weighted by molar-refractivity contribution is 14.1. The van der Waals surface area contributed by atoms with Crippen molar-refractivity contribution in [1.29, 1.82) is 0 Å². The Bertz CT molecular complexity index is 662. The van der Waals surface area contributed by atoms with Crippen molar-refractivity contribution in [1.82, 2.24) is 9.78 Å². The fourth-order valence-corrected chi connectivity index (χ4v) is 2.63. The minimum Gasteiger partial charge on any atom is -0.442 e. The third-order valence-corrected chi connectivity index (χ3v) is 3.87. The minimum atomic E-state index is -0.622. The quantitative estimate of drug-likeness (QED) is 0.524. The zero-order valence-corrected chi connectivity index (χ0v) is 14.8. The van der Waals surface area contributed by atoms with Crippen molar-refractivity contribution < 1.29 is 13.9 Å². The van der Waals surface area contributed by atoms with Gasteiger partial charge in [0.2, 0.25) is 0 Å². The second kappa shape index (κ2) is 5.15. The van der Waals surface area contributed by atoms with Crippen LogP contribution in [0.1, 0.15) is 20.8 Å². The largest absolute Gasteiger partial charge is 0.442 e. The summed E-state index contributed by atoms with van der Waals surface area (Å²) in [5.74, 6) is -0.380. The molecule has 0 bridgehead atoms. The van der Waals surface area contributed by atoms with Gasteiger partial charge in [0.25, 0.3) is 0 Å². The van der Waals surface area contributed by atoms with Gasteiger partial charge < -0.3 is 4.74 Å². The van der Waals surface area contributed by atoms with Crippen LogP contribution in [0.4, 0.5) is 9.18 Å². The molecular weight excluding hydrogens is 477 g/mol. The first-order valence-corrected chi connectivity index (χ1v) is 7.61. The third kappa shape index (κ3) is 3.18. The van der Waals surface area contributed by atoms with Crippen molar-refractivity contribution in [2.45, 2.75) is 26.4 Å². The molecule has 0 atom stereocenters. The summed E-state index contributed by atoms with van der Waals surface area (Å²) in [6.07, 6.45) is -0.610. The predicted octanol–water partition coefficient (Wildman–Crippen LogP) is 4.17. The maximum atomic E-state index is 13.6. The van der Waals surface area contributed by atoms with Gasteiger partial charge in [-0.1, -0.05) is 0 Å². The molecule has 0 N–H and O–H groups in total. The van der Waals surface area contributed by atoms with Crippen molar-refractivity contribution in [3.05, 3.63) is 25.2 Å². The summed E-state index contributed by atoms with van der Waals surface area (Å²) >= 11 is 3.92. The Morgan fingerprint density at radius 1 is 1.37 bits per heavy atom. The van der Waals surface area contributed by atoms with Gasteiger partial charge in [0.05, 0.1) is 5.52 Å². The van der Waals surface area contributed by atoms with E-state index in [4.69, 9.17) is 4.74 Å². The van der Waals surface area contributed by atoms with Crippen molar-refractivity contribution in [2.24, 2.45) is 0 Å².